The van der Waals surface area contributed by atoms with E-state index < -0.39 is 0 Å². The minimum Gasteiger partial charge on any atom is -0.310 e. The van der Waals surface area contributed by atoms with E-state index in [1.165, 1.54) is 12.8 Å². The molecule has 1 N–H and O–H groups in total. The van der Waals surface area contributed by atoms with Gasteiger partial charge < -0.3 is 4.98 Å². The number of rotatable bonds is 2. The van der Waals surface area contributed by atoms with Crippen molar-refractivity contribution in [3.8, 4) is 0 Å². The Morgan fingerprint density at radius 1 is 1.25 bits per heavy atom. The quantitative estimate of drug-likeness (QED) is 0.777. The average molecular weight is 220 g/mol. The smallest absolute Gasteiger partial charge is 0.254 e. The Kier molecular flexibility index (Phi) is 3.42. The molecule has 1 aliphatic carbocycles. The van der Waals surface area contributed by atoms with Crippen LogP contribution in [0.25, 0.3) is 0 Å². The summed E-state index contributed by atoms with van der Waals surface area (Å²) < 4.78 is 0. The van der Waals surface area contributed by atoms with Crippen LogP contribution in [0.1, 0.15) is 50.2 Å². The summed E-state index contributed by atoms with van der Waals surface area (Å²) in [6.45, 7) is 4.29. The number of nitrogens with one attached hydrogen (secondary N) is 1. The predicted molar refractivity (Wildman–Crippen MR) is 64.7 cm³/mol. The second kappa shape index (κ2) is 4.81. The summed E-state index contributed by atoms with van der Waals surface area (Å²) in [5.41, 5.74) is 2.09. The number of H-pyrrole nitrogens is 1. The van der Waals surface area contributed by atoms with Gasteiger partial charge in [-0.2, -0.15) is 0 Å². The maximum Gasteiger partial charge on any atom is 0.254 e. The molecule has 3 nitrogen and oxygen atoms in total. The zero-order valence-electron chi connectivity index (χ0n) is 10.2. The minimum atomic E-state index is 0.0996. The van der Waals surface area contributed by atoms with Crippen molar-refractivity contribution in [2.45, 2.75) is 52.4 Å². The molecule has 0 spiro atoms. The first-order valence-electron chi connectivity index (χ1n) is 6.27. The van der Waals surface area contributed by atoms with Gasteiger partial charge in [-0.05, 0) is 31.6 Å². The highest BCUT2D eigenvalue weighted by molar-refractivity contribution is 5.19. The molecule has 1 aromatic rings. The van der Waals surface area contributed by atoms with Crippen LogP contribution >= 0.6 is 0 Å². The van der Waals surface area contributed by atoms with Gasteiger partial charge in [-0.1, -0.05) is 20.3 Å². The van der Waals surface area contributed by atoms with Crippen molar-refractivity contribution < 1.29 is 0 Å². The Bertz CT molecular complexity index is 420. The van der Waals surface area contributed by atoms with Crippen LogP contribution in [0.2, 0.25) is 0 Å². The van der Waals surface area contributed by atoms with E-state index in [4.69, 9.17) is 0 Å². The lowest BCUT2D eigenvalue weighted by Crippen LogP contribution is -2.20. The zero-order valence-corrected chi connectivity index (χ0v) is 10.2. The van der Waals surface area contributed by atoms with Crippen molar-refractivity contribution in [1.82, 2.24) is 9.97 Å². The molecular formula is C13H20N2O. The van der Waals surface area contributed by atoms with Crippen LogP contribution in [0.5, 0.6) is 0 Å². The Morgan fingerprint density at radius 2 is 2.00 bits per heavy atom. The van der Waals surface area contributed by atoms with Crippen molar-refractivity contribution in [3.05, 3.63) is 27.4 Å². The number of aromatic nitrogens is 2. The number of hydrogen-bond acceptors (Lipinski definition) is 2. The molecule has 1 heterocycles. The Balaban J connectivity index is 2.36. The maximum atomic E-state index is 11.9. The largest absolute Gasteiger partial charge is 0.310 e. The van der Waals surface area contributed by atoms with E-state index in [-0.39, 0.29) is 5.56 Å². The van der Waals surface area contributed by atoms with E-state index in [9.17, 15) is 4.79 Å². The van der Waals surface area contributed by atoms with Crippen molar-refractivity contribution >= 4 is 0 Å². The van der Waals surface area contributed by atoms with Gasteiger partial charge in [-0.15, -0.1) is 0 Å². The molecule has 0 saturated carbocycles. The Hall–Kier alpha value is -1.12. The summed E-state index contributed by atoms with van der Waals surface area (Å²) in [4.78, 5) is 19.5. The summed E-state index contributed by atoms with van der Waals surface area (Å²) in [6, 6.07) is 0. The van der Waals surface area contributed by atoms with E-state index in [0.717, 1.165) is 42.8 Å². The lowest BCUT2D eigenvalue weighted by molar-refractivity contribution is 0.613. The van der Waals surface area contributed by atoms with E-state index in [0.29, 0.717) is 5.92 Å². The fourth-order valence-corrected chi connectivity index (χ4v) is 2.31. The molecule has 0 atom stereocenters. The van der Waals surface area contributed by atoms with Gasteiger partial charge in [0.15, 0.2) is 0 Å². The topological polar surface area (TPSA) is 45.8 Å². The van der Waals surface area contributed by atoms with Crippen LogP contribution < -0.4 is 5.56 Å². The highest BCUT2D eigenvalue weighted by Gasteiger charge is 2.14. The number of nitrogens with zero attached hydrogens (tertiary/aromatic N) is 1. The molecular weight excluding hydrogens is 200 g/mol. The molecule has 0 aromatic carbocycles. The molecule has 0 radical (unpaired) electrons. The van der Waals surface area contributed by atoms with E-state index >= 15 is 0 Å². The molecule has 0 aliphatic heterocycles. The molecule has 0 saturated heterocycles. The standard InChI is InChI=1S/C13H20N2O/c1-9(2)8-12-14-11-7-5-3-4-6-10(11)13(16)15-12/h9H,3-8H2,1-2H3,(H,14,15,16). The monoisotopic (exact) mass is 220 g/mol. The van der Waals surface area contributed by atoms with Crippen molar-refractivity contribution in [2.75, 3.05) is 0 Å². The molecule has 2 rings (SSSR count). The Labute approximate surface area is 96.3 Å². The third kappa shape index (κ3) is 2.52. The predicted octanol–water partition coefficient (Wildman–Crippen LogP) is 2.24. The highest BCUT2D eigenvalue weighted by Crippen LogP contribution is 2.16. The van der Waals surface area contributed by atoms with Crippen molar-refractivity contribution in [1.29, 1.82) is 0 Å². The minimum absolute atomic E-state index is 0.0996. The van der Waals surface area contributed by atoms with Gasteiger partial charge in [0.25, 0.3) is 5.56 Å². The average Bonchev–Trinajstić information content (AvgIpc) is 2.41. The third-order valence-corrected chi connectivity index (χ3v) is 3.09. The molecule has 0 amide bonds. The first kappa shape index (κ1) is 11.4. The number of fused-ring (bicyclic) bond motifs is 1. The molecule has 0 unspecified atom stereocenters. The van der Waals surface area contributed by atoms with Gasteiger partial charge in [-0.25, -0.2) is 4.98 Å². The van der Waals surface area contributed by atoms with Crippen molar-refractivity contribution in [3.63, 3.8) is 0 Å². The summed E-state index contributed by atoms with van der Waals surface area (Å²) in [5.74, 6) is 1.40. The molecule has 3 heteroatoms. The van der Waals surface area contributed by atoms with Gasteiger partial charge in [-0.3, -0.25) is 4.79 Å². The summed E-state index contributed by atoms with van der Waals surface area (Å²) in [7, 11) is 0. The molecule has 1 aromatic heterocycles. The van der Waals surface area contributed by atoms with Crippen LogP contribution in [0, 0.1) is 5.92 Å². The normalized spacial score (nSPS) is 15.9. The van der Waals surface area contributed by atoms with Gasteiger partial charge in [0.2, 0.25) is 0 Å². The maximum absolute atomic E-state index is 11.9. The second-order valence-corrected chi connectivity index (χ2v) is 5.10. The SMILES string of the molecule is CC(C)Cc1nc2c(c(=O)[nH]1)CCCCC2. The molecule has 1 aliphatic rings. The molecule has 16 heavy (non-hydrogen) atoms. The van der Waals surface area contributed by atoms with Crippen LogP contribution in [-0.2, 0) is 19.3 Å². The first-order valence-corrected chi connectivity index (χ1v) is 6.27. The van der Waals surface area contributed by atoms with Crippen LogP contribution in [0.4, 0.5) is 0 Å². The molecule has 0 fully saturated rings. The Morgan fingerprint density at radius 3 is 2.75 bits per heavy atom. The summed E-state index contributed by atoms with van der Waals surface area (Å²) >= 11 is 0. The lowest BCUT2D eigenvalue weighted by Gasteiger charge is -2.08. The van der Waals surface area contributed by atoms with Crippen LogP contribution in [0.15, 0.2) is 4.79 Å². The van der Waals surface area contributed by atoms with E-state index in [1.54, 1.807) is 0 Å². The van der Waals surface area contributed by atoms with Gasteiger partial charge in [0.05, 0.1) is 5.69 Å². The van der Waals surface area contributed by atoms with Crippen LogP contribution in [0.3, 0.4) is 0 Å². The fourth-order valence-electron chi connectivity index (χ4n) is 2.31. The lowest BCUT2D eigenvalue weighted by atomic mass is 10.1. The highest BCUT2D eigenvalue weighted by atomic mass is 16.1. The number of aromatic amines is 1. The van der Waals surface area contributed by atoms with E-state index in [2.05, 4.69) is 23.8 Å². The molecule has 88 valence electrons. The van der Waals surface area contributed by atoms with E-state index in [1.807, 2.05) is 0 Å². The fraction of sp³-hybridized carbons (Fsp3) is 0.692. The second-order valence-electron chi connectivity index (χ2n) is 5.10. The van der Waals surface area contributed by atoms with Gasteiger partial charge >= 0.3 is 0 Å². The first-order chi connectivity index (χ1) is 7.66. The van der Waals surface area contributed by atoms with Gasteiger partial charge in [0.1, 0.15) is 5.82 Å². The van der Waals surface area contributed by atoms with Crippen LogP contribution in [-0.4, -0.2) is 9.97 Å². The number of hydrogen-bond donors (Lipinski definition) is 1. The summed E-state index contributed by atoms with van der Waals surface area (Å²) in [6.07, 6.45) is 6.26. The molecule has 0 bridgehead atoms. The third-order valence-electron chi connectivity index (χ3n) is 3.09. The zero-order chi connectivity index (χ0) is 11.5. The van der Waals surface area contributed by atoms with Crippen molar-refractivity contribution in [2.24, 2.45) is 5.92 Å². The summed E-state index contributed by atoms with van der Waals surface area (Å²) in [5, 5.41) is 0. The van der Waals surface area contributed by atoms with Gasteiger partial charge in [0, 0.05) is 12.0 Å². The number of aryl methyl sites for hydroxylation is 1.